The molecule has 0 unspecified atom stereocenters. The summed E-state index contributed by atoms with van der Waals surface area (Å²) in [6.07, 6.45) is 7.63. The topological polar surface area (TPSA) is 71.5 Å². The summed E-state index contributed by atoms with van der Waals surface area (Å²) in [5.41, 5.74) is 0.597. The van der Waals surface area contributed by atoms with Crippen molar-refractivity contribution in [2.45, 2.75) is 18.6 Å². The Kier molecular flexibility index (Phi) is 4.08. The van der Waals surface area contributed by atoms with E-state index in [2.05, 4.69) is 20.1 Å². The molecule has 2 aliphatic rings. The third-order valence-corrected chi connectivity index (χ3v) is 4.63. The second kappa shape index (κ2) is 6.52. The Morgan fingerprint density at radius 1 is 1.12 bits per heavy atom. The van der Waals surface area contributed by atoms with Crippen LogP contribution in [0.5, 0.6) is 5.75 Å². The zero-order valence-corrected chi connectivity index (χ0v) is 13.3. The molecule has 4 rings (SSSR count). The van der Waals surface area contributed by atoms with Crippen molar-refractivity contribution in [2.75, 3.05) is 26.2 Å². The molecule has 0 N–H and O–H groups in total. The Morgan fingerprint density at radius 2 is 2.08 bits per heavy atom. The molecular weight excluding hydrogens is 306 g/mol. The number of hydrogen-bond acceptors (Lipinski definition) is 6. The number of carbonyl (C=O) groups is 1. The van der Waals surface area contributed by atoms with Gasteiger partial charge in [0.25, 0.3) is 5.91 Å². The van der Waals surface area contributed by atoms with E-state index in [1.165, 1.54) is 6.20 Å². The molecule has 0 aliphatic carbocycles. The average molecular weight is 325 g/mol. The van der Waals surface area contributed by atoms with Crippen molar-refractivity contribution in [3.05, 3.63) is 48.5 Å². The van der Waals surface area contributed by atoms with Crippen LogP contribution in [0.3, 0.4) is 0 Å². The second-order valence-corrected chi connectivity index (χ2v) is 6.20. The molecule has 1 amide bonds. The summed E-state index contributed by atoms with van der Waals surface area (Å²) >= 11 is 0. The van der Waals surface area contributed by atoms with Crippen LogP contribution >= 0.6 is 0 Å². The maximum absolute atomic E-state index is 12.6. The van der Waals surface area contributed by atoms with Crippen LogP contribution in [0.2, 0.25) is 0 Å². The van der Waals surface area contributed by atoms with Gasteiger partial charge in [-0.05, 0) is 18.2 Å². The van der Waals surface area contributed by atoms with Gasteiger partial charge >= 0.3 is 0 Å². The molecular formula is C17H19N5O2. The maximum atomic E-state index is 12.6. The van der Waals surface area contributed by atoms with E-state index in [0.717, 1.165) is 38.3 Å². The number of fused-ring (bicyclic) bond motifs is 1. The minimum Gasteiger partial charge on any atom is -0.487 e. The largest absolute Gasteiger partial charge is 0.487 e. The SMILES string of the molecule is O=C(c1ccnnc1)N1CCN2C[C@H](Oc3cccnc3)C[C@H]2C1. The highest BCUT2D eigenvalue weighted by atomic mass is 16.5. The highest BCUT2D eigenvalue weighted by Gasteiger charge is 2.38. The molecule has 7 nitrogen and oxygen atoms in total. The number of hydrogen-bond donors (Lipinski definition) is 0. The molecule has 2 aromatic rings. The molecule has 0 saturated carbocycles. The average Bonchev–Trinajstić information content (AvgIpc) is 3.04. The predicted molar refractivity (Wildman–Crippen MR) is 86.6 cm³/mol. The van der Waals surface area contributed by atoms with Crippen LogP contribution in [0.1, 0.15) is 16.8 Å². The molecule has 2 fully saturated rings. The van der Waals surface area contributed by atoms with E-state index < -0.39 is 0 Å². The van der Waals surface area contributed by atoms with Gasteiger partial charge in [-0.25, -0.2) is 0 Å². The van der Waals surface area contributed by atoms with E-state index in [9.17, 15) is 4.79 Å². The summed E-state index contributed by atoms with van der Waals surface area (Å²) in [5, 5.41) is 7.52. The zero-order chi connectivity index (χ0) is 16.4. The Morgan fingerprint density at radius 3 is 2.88 bits per heavy atom. The Bertz CT molecular complexity index is 697. The van der Waals surface area contributed by atoms with E-state index in [1.54, 1.807) is 24.7 Å². The molecule has 2 aliphatic heterocycles. The van der Waals surface area contributed by atoms with Crippen LogP contribution in [0.25, 0.3) is 0 Å². The lowest BCUT2D eigenvalue weighted by Gasteiger charge is -2.37. The number of aromatic nitrogens is 3. The standard InChI is InChI=1S/C17H19N5O2/c23-17(13-3-5-19-20-9-13)22-7-6-21-12-16(8-14(21)11-22)24-15-2-1-4-18-10-15/h1-5,9-10,14,16H,6-8,11-12H2/t14-,16+/m0/s1. The van der Waals surface area contributed by atoms with Crippen molar-refractivity contribution in [2.24, 2.45) is 0 Å². The predicted octanol–water partition coefficient (Wildman–Crippen LogP) is 0.849. The first-order valence-electron chi connectivity index (χ1n) is 8.16. The highest BCUT2D eigenvalue weighted by Crippen LogP contribution is 2.26. The van der Waals surface area contributed by atoms with Gasteiger partial charge in [0, 0.05) is 44.8 Å². The summed E-state index contributed by atoms with van der Waals surface area (Å²) < 4.78 is 6.02. The summed E-state index contributed by atoms with van der Waals surface area (Å²) in [5.74, 6) is 0.833. The van der Waals surface area contributed by atoms with Crippen molar-refractivity contribution in [3.8, 4) is 5.75 Å². The number of ether oxygens (including phenoxy) is 1. The number of piperazine rings is 1. The van der Waals surface area contributed by atoms with Gasteiger partial charge in [0.2, 0.25) is 0 Å². The molecule has 4 heterocycles. The van der Waals surface area contributed by atoms with Crippen LogP contribution in [-0.4, -0.2) is 69.2 Å². The van der Waals surface area contributed by atoms with Gasteiger partial charge in [-0.15, -0.1) is 0 Å². The number of rotatable bonds is 3. The van der Waals surface area contributed by atoms with Gasteiger partial charge in [0.15, 0.2) is 0 Å². The quantitative estimate of drug-likeness (QED) is 0.833. The van der Waals surface area contributed by atoms with Crippen molar-refractivity contribution in [3.63, 3.8) is 0 Å². The molecule has 7 heteroatoms. The molecule has 124 valence electrons. The number of nitrogens with zero attached hydrogens (tertiary/aromatic N) is 5. The number of pyridine rings is 1. The highest BCUT2D eigenvalue weighted by molar-refractivity contribution is 5.93. The second-order valence-electron chi connectivity index (χ2n) is 6.20. The smallest absolute Gasteiger partial charge is 0.255 e. The van der Waals surface area contributed by atoms with Gasteiger partial charge in [-0.3, -0.25) is 14.7 Å². The van der Waals surface area contributed by atoms with E-state index in [0.29, 0.717) is 11.6 Å². The van der Waals surface area contributed by atoms with E-state index in [4.69, 9.17) is 4.74 Å². The fraction of sp³-hybridized carbons (Fsp3) is 0.412. The Balaban J connectivity index is 1.38. The van der Waals surface area contributed by atoms with E-state index >= 15 is 0 Å². The van der Waals surface area contributed by atoms with Crippen LogP contribution in [0.4, 0.5) is 0 Å². The van der Waals surface area contributed by atoms with Crippen LogP contribution < -0.4 is 4.74 Å². The van der Waals surface area contributed by atoms with Crippen molar-refractivity contribution in [1.82, 2.24) is 25.0 Å². The van der Waals surface area contributed by atoms with Gasteiger partial charge in [0.05, 0.1) is 24.2 Å². The summed E-state index contributed by atoms with van der Waals surface area (Å²) in [6, 6.07) is 5.86. The molecule has 2 saturated heterocycles. The van der Waals surface area contributed by atoms with Crippen LogP contribution in [-0.2, 0) is 0 Å². The summed E-state index contributed by atoms with van der Waals surface area (Å²) in [4.78, 5) is 21.0. The number of carbonyl (C=O) groups excluding carboxylic acids is 1. The zero-order valence-electron chi connectivity index (χ0n) is 13.3. The maximum Gasteiger partial charge on any atom is 0.255 e. The van der Waals surface area contributed by atoms with Crippen molar-refractivity contribution >= 4 is 5.91 Å². The van der Waals surface area contributed by atoms with Gasteiger partial charge in [0.1, 0.15) is 11.9 Å². The minimum atomic E-state index is 0.0289. The van der Waals surface area contributed by atoms with Gasteiger partial charge in [-0.1, -0.05) is 0 Å². The third kappa shape index (κ3) is 3.07. The normalized spacial score (nSPS) is 23.8. The van der Waals surface area contributed by atoms with Crippen molar-refractivity contribution < 1.29 is 9.53 Å². The fourth-order valence-corrected chi connectivity index (χ4v) is 3.48. The first-order chi connectivity index (χ1) is 11.8. The fourth-order valence-electron chi connectivity index (χ4n) is 3.48. The van der Waals surface area contributed by atoms with E-state index in [-0.39, 0.29) is 12.0 Å². The lowest BCUT2D eigenvalue weighted by Crippen LogP contribution is -2.52. The van der Waals surface area contributed by atoms with Gasteiger partial charge in [-0.2, -0.15) is 10.2 Å². The number of amides is 1. The minimum absolute atomic E-state index is 0.0289. The monoisotopic (exact) mass is 325 g/mol. The van der Waals surface area contributed by atoms with Gasteiger partial charge < -0.3 is 9.64 Å². The Hall–Kier alpha value is -2.54. The first-order valence-corrected chi connectivity index (χ1v) is 8.16. The molecule has 0 bridgehead atoms. The lowest BCUT2D eigenvalue weighted by molar-refractivity contribution is 0.0569. The van der Waals surface area contributed by atoms with E-state index in [1.807, 2.05) is 17.0 Å². The lowest BCUT2D eigenvalue weighted by atomic mass is 10.1. The van der Waals surface area contributed by atoms with Crippen molar-refractivity contribution in [1.29, 1.82) is 0 Å². The molecule has 0 spiro atoms. The van der Waals surface area contributed by atoms with Crippen LogP contribution in [0.15, 0.2) is 43.0 Å². The molecule has 24 heavy (non-hydrogen) atoms. The molecule has 0 aromatic carbocycles. The molecule has 2 atom stereocenters. The Labute approximate surface area is 140 Å². The summed E-state index contributed by atoms with van der Waals surface area (Å²) in [6.45, 7) is 3.24. The first kappa shape index (κ1) is 15.0. The third-order valence-electron chi connectivity index (χ3n) is 4.63. The molecule has 2 aromatic heterocycles. The summed E-state index contributed by atoms with van der Waals surface area (Å²) in [7, 11) is 0. The van der Waals surface area contributed by atoms with Crippen LogP contribution in [0, 0.1) is 0 Å². The molecule has 0 radical (unpaired) electrons.